The van der Waals surface area contributed by atoms with Gasteiger partial charge in [0.1, 0.15) is 28.8 Å². The fourth-order valence-corrected chi connectivity index (χ4v) is 3.98. The number of nitrogens with zero attached hydrogens (tertiary/aromatic N) is 2. The van der Waals surface area contributed by atoms with E-state index in [4.69, 9.17) is 30.8 Å². The number of imidazole rings is 1. The lowest BCUT2D eigenvalue weighted by Crippen LogP contribution is -2.18. The van der Waals surface area contributed by atoms with Crippen molar-refractivity contribution in [2.45, 2.75) is 20.3 Å². The molecule has 7 nitrogen and oxygen atoms in total. The van der Waals surface area contributed by atoms with Crippen LogP contribution in [0.5, 0.6) is 17.2 Å². The van der Waals surface area contributed by atoms with Gasteiger partial charge in [0, 0.05) is 5.02 Å². The van der Waals surface area contributed by atoms with Crippen LogP contribution in [0.3, 0.4) is 0 Å². The Morgan fingerprint density at radius 3 is 2.32 bits per heavy atom. The zero-order chi connectivity index (χ0) is 24.1. The van der Waals surface area contributed by atoms with Crippen LogP contribution in [0.4, 0.5) is 5.69 Å². The van der Waals surface area contributed by atoms with Crippen LogP contribution in [0.2, 0.25) is 5.02 Å². The van der Waals surface area contributed by atoms with Crippen molar-refractivity contribution in [1.82, 2.24) is 9.55 Å². The van der Waals surface area contributed by atoms with Crippen molar-refractivity contribution in [3.8, 4) is 22.9 Å². The first kappa shape index (κ1) is 23.4. The smallest absolute Gasteiger partial charge is 0.232 e. The Kier molecular flexibility index (Phi) is 7.23. The molecule has 0 bridgehead atoms. The van der Waals surface area contributed by atoms with Crippen LogP contribution in [0, 0.1) is 0 Å². The molecule has 0 atom stereocenters. The van der Waals surface area contributed by atoms with Crippen molar-refractivity contribution >= 4 is 34.2 Å². The van der Waals surface area contributed by atoms with Crippen LogP contribution in [-0.4, -0.2) is 35.8 Å². The normalized spacial score (nSPS) is 10.8. The van der Waals surface area contributed by atoms with E-state index in [0.29, 0.717) is 47.0 Å². The molecule has 34 heavy (non-hydrogen) atoms. The summed E-state index contributed by atoms with van der Waals surface area (Å²) in [4.78, 5) is 18.0. The number of hydrogen-bond donors (Lipinski definition) is 1. The summed E-state index contributed by atoms with van der Waals surface area (Å²) in [5, 5.41) is 3.54. The second-order valence-corrected chi connectivity index (χ2v) is 7.83. The molecular formula is C26H26ClN3O4. The van der Waals surface area contributed by atoms with Gasteiger partial charge < -0.3 is 19.5 Å². The Morgan fingerprint density at radius 2 is 1.65 bits per heavy atom. The first-order chi connectivity index (χ1) is 16.5. The molecule has 1 N–H and O–H groups in total. The van der Waals surface area contributed by atoms with E-state index in [2.05, 4.69) is 5.32 Å². The molecular weight excluding hydrogens is 454 g/mol. The molecule has 176 valence electrons. The summed E-state index contributed by atoms with van der Waals surface area (Å²) in [6, 6.07) is 18.4. The van der Waals surface area contributed by atoms with E-state index in [9.17, 15) is 4.79 Å². The zero-order valence-corrected chi connectivity index (χ0v) is 20.1. The lowest BCUT2D eigenvalue weighted by Gasteiger charge is -2.16. The minimum Gasteiger partial charge on any atom is -0.495 e. The Morgan fingerprint density at radius 1 is 0.971 bits per heavy atom. The van der Waals surface area contributed by atoms with Gasteiger partial charge in [0.15, 0.2) is 0 Å². The number of para-hydroxylation sites is 3. The number of nitrogens with one attached hydrogen (secondary N) is 1. The molecule has 1 heterocycles. The van der Waals surface area contributed by atoms with Gasteiger partial charge in [-0.05, 0) is 56.3 Å². The summed E-state index contributed by atoms with van der Waals surface area (Å²) in [6.07, 6.45) is 0.0103. The Balaban J connectivity index is 1.74. The largest absolute Gasteiger partial charge is 0.495 e. The lowest BCUT2D eigenvalue weighted by molar-refractivity contribution is -0.115. The third kappa shape index (κ3) is 4.79. The summed E-state index contributed by atoms with van der Waals surface area (Å²) in [6.45, 7) is 4.70. The van der Waals surface area contributed by atoms with Crippen LogP contribution in [0.15, 0.2) is 60.7 Å². The molecule has 0 fully saturated rings. The summed E-state index contributed by atoms with van der Waals surface area (Å²) in [5.41, 5.74) is 2.77. The zero-order valence-electron chi connectivity index (χ0n) is 19.3. The molecule has 0 aliphatic heterocycles. The quantitative estimate of drug-likeness (QED) is 0.335. The number of carbonyl (C=O) groups is 1. The van der Waals surface area contributed by atoms with Gasteiger partial charge in [-0.2, -0.15) is 0 Å². The van der Waals surface area contributed by atoms with E-state index in [1.54, 1.807) is 25.3 Å². The minimum absolute atomic E-state index is 0.0103. The van der Waals surface area contributed by atoms with Gasteiger partial charge in [0.05, 0.1) is 43.5 Å². The predicted molar refractivity (Wildman–Crippen MR) is 134 cm³/mol. The van der Waals surface area contributed by atoms with Gasteiger partial charge in [-0.1, -0.05) is 29.8 Å². The molecule has 4 rings (SSSR count). The van der Waals surface area contributed by atoms with Crippen LogP contribution < -0.4 is 19.5 Å². The number of fused-ring (bicyclic) bond motifs is 1. The van der Waals surface area contributed by atoms with Crippen molar-refractivity contribution in [3.63, 3.8) is 0 Å². The summed E-state index contributed by atoms with van der Waals surface area (Å²) >= 11 is 6.29. The van der Waals surface area contributed by atoms with Crippen molar-refractivity contribution in [2.24, 2.45) is 0 Å². The molecule has 1 aromatic heterocycles. The van der Waals surface area contributed by atoms with Crippen LogP contribution in [0.25, 0.3) is 16.7 Å². The summed E-state index contributed by atoms with van der Waals surface area (Å²) in [7, 11) is 1.61. The fourth-order valence-electron chi connectivity index (χ4n) is 3.81. The Labute approximate surface area is 203 Å². The average Bonchev–Trinajstić information content (AvgIpc) is 3.17. The highest BCUT2D eigenvalue weighted by molar-refractivity contribution is 6.31. The highest BCUT2D eigenvalue weighted by Crippen LogP contribution is 2.35. The SMILES string of the molecule is CCOc1cccc(OCC)c1NC(=O)Cc1nc2ccc(Cl)cc2n1-c1ccccc1OC. The van der Waals surface area contributed by atoms with Crippen LogP contribution >= 0.6 is 11.6 Å². The average molecular weight is 480 g/mol. The van der Waals surface area contributed by atoms with Gasteiger partial charge in [0.25, 0.3) is 0 Å². The topological polar surface area (TPSA) is 74.6 Å². The molecule has 0 saturated heterocycles. The predicted octanol–water partition coefficient (Wildman–Crippen LogP) is 5.67. The highest BCUT2D eigenvalue weighted by Gasteiger charge is 2.20. The van der Waals surface area contributed by atoms with Crippen LogP contribution in [-0.2, 0) is 11.2 Å². The van der Waals surface area contributed by atoms with Gasteiger partial charge in [-0.15, -0.1) is 0 Å². The second kappa shape index (κ2) is 10.5. The number of ether oxygens (including phenoxy) is 3. The third-order valence-corrected chi connectivity index (χ3v) is 5.42. The molecule has 0 saturated carbocycles. The van der Waals surface area contributed by atoms with E-state index >= 15 is 0 Å². The second-order valence-electron chi connectivity index (χ2n) is 7.39. The Hall–Kier alpha value is -3.71. The number of carbonyl (C=O) groups excluding carboxylic acids is 1. The first-order valence-corrected chi connectivity index (χ1v) is 11.4. The van der Waals surface area contributed by atoms with Crippen molar-refractivity contribution in [2.75, 3.05) is 25.6 Å². The number of aromatic nitrogens is 2. The van der Waals surface area contributed by atoms with Gasteiger partial charge >= 0.3 is 0 Å². The summed E-state index contributed by atoms with van der Waals surface area (Å²) < 4.78 is 18.9. The number of amides is 1. The van der Waals surface area contributed by atoms with E-state index < -0.39 is 0 Å². The maximum Gasteiger partial charge on any atom is 0.232 e. The molecule has 3 aromatic carbocycles. The maximum atomic E-state index is 13.2. The van der Waals surface area contributed by atoms with E-state index in [-0.39, 0.29) is 12.3 Å². The molecule has 1 amide bonds. The van der Waals surface area contributed by atoms with Crippen molar-refractivity contribution < 1.29 is 19.0 Å². The van der Waals surface area contributed by atoms with Crippen molar-refractivity contribution in [1.29, 1.82) is 0 Å². The number of rotatable bonds is 9. The van der Waals surface area contributed by atoms with Crippen molar-refractivity contribution in [3.05, 3.63) is 71.5 Å². The first-order valence-electron chi connectivity index (χ1n) is 11.0. The molecule has 4 aromatic rings. The summed E-state index contributed by atoms with van der Waals surface area (Å²) in [5.74, 6) is 2.04. The lowest BCUT2D eigenvalue weighted by atomic mass is 10.2. The minimum atomic E-state index is -0.259. The molecule has 0 unspecified atom stereocenters. The monoisotopic (exact) mass is 479 g/mol. The number of methoxy groups -OCH3 is 1. The van der Waals surface area contributed by atoms with Gasteiger partial charge in [-0.25, -0.2) is 4.98 Å². The van der Waals surface area contributed by atoms with E-state index in [1.165, 1.54) is 0 Å². The molecule has 0 aliphatic carbocycles. The molecule has 0 radical (unpaired) electrons. The number of hydrogen-bond acceptors (Lipinski definition) is 5. The highest BCUT2D eigenvalue weighted by atomic mass is 35.5. The van der Waals surface area contributed by atoms with Gasteiger partial charge in [0.2, 0.25) is 5.91 Å². The number of halogens is 1. The van der Waals surface area contributed by atoms with E-state index in [0.717, 1.165) is 16.7 Å². The molecule has 0 spiro atoms. The van der Waals surface area contributed by atoms with E-state index in [1.807, 2.05) is 60.9 Å². The Bertz CT molecular complexity index is 1290. The maximum absolute atomic E-state index is 13.2. The van der Waals surface area contributed by atoms with Crippen LogP contribution in [0.1, 0.15) is 19.7 Å². The standard InChI is InChI=1S/C26H26ClN3O4/c1-4-33-22-11-8-12-23(34-5-2)26(22)29-25(31)16-24-28-18-14-13-17(27)15-20(18)30(24)19-9-6-7-10-21(19)32-3/h6-15H,4-5,16H2,1-3H3,(H,29,31). The fraction of sp³-hybridized carbons (Fsp3) is 0.231. The molecule has 0 aliphatic rings. The third-order valence-electron chi connectivity index (χ3n) is 5.18. The number of benzene rings is 3. The van der Waals surface area contributed by atoms with Gasteiger partial charge in [-0.3, -0.25) is 9.36 Å². The number of anilines is 1. The molecule has 8 heteroatoms.